The summed E-state index contributed by atoms with van der Waals surface area (Å²) in [4.78, 5) is 26.6. The van der Waals surface area contributed by atoms with Crippen LogP contribution < -0.4 is 10.6 Å². The molecule has 8 nitrogen and oxygen atoms in total. The van der Waals surface area contributed by atoms with Gasteiger partial charge in [0.1, 0.15) is 11.4 Å². The second-order valence-electron chi connectivity index (χ2n) is 5.79. The van der Waals surface area contributed by atoms with Crippen LogP contribution in [0.4, 0.5) is 15.4 Å². The molecule has 0 fully saturated rings. The molecule has 128 valence electrons. The molecule has 1 aromatic heterocycles. The third-order valence-corrected chi connectivity index (χ3v) is 2.63. The van der Waals surface area contributed by atoms with Gasteiger partial charge in [0.15, 0.2) is 0 Å². The van der Waals surface area contributed by atoms with Gasteiger partial charge in [-0.25, -0.2) is 14.6 Å². The van der Waals surface area contributed by atoms with Crippen molar-refractivity contribution in [2.75, 3.05) is 19.0 Å². The molecule has 0 aliphatic carbocycles. The molecular weight excluding hydrogens is 302 g/mol. The van der Waals surface area contributed by atoms with Crippen molar-refractivity contribution in [3.05, 3.63) is 23.9 Å². The second kappa shape index (κ2) is 8.33. The predicted octanol–water partition coefficient (Wildman–Crippen LogP) is 2.21. The van der Waals surface area contributed by atoms with Gasteiger partial charge in [0.05, 0.1) is 12.7 Å². The summed E-state index contributed by atoms with van der Waals surface area (Å²) in [5.74, 6) is 0.267. The number of nitrogens with one attached hydrogen (secondary N) is 2. The highest BCUT2D eigenvalue weighted by Gasteiger charge is 2.17. The van der Waals surface area contributed by atoms with E-state index >= 15 is 0 Å². The van der Waals surface area contributed by atoms with E-state index in [4.69, 9.17) is 9.47 Å². The monoisotopic (exact) mass is 325 g/mol. The number of amides is 2. The highest BCUT2D eigenvalue weighted by Crippen LogP contribution is 2.19. The smallest absolute Gasteiger partial charge is 0.413 e. The van der Waals surface area contributed by atoms with Gasteiger partial charge in [-0.2, -0.15) is 0 Å². The van der Waals surface area contributed by atoms with E-state index in [2.05, 4.69) is 15.6 Å². The first-order chi connectivity index (χ1) is 10.7. The van der Waals surface area contributed by atoms with Crippen molar-refractivity contribution in [1.82, 2.24) is 10.3 Å². The maximum Gasteiger partial charge on any atom is 0.413 e. The van der Waals surface area contributed by atoms with Crippen LogP contribution >= 0.6 is 0 Å². The van der Waals surface area contributed by atoms with Crippen LogP contribution in [0.25, 0.3) is 0 Å². The molecule has 8 heteroatoms. The van der Waals surface area contributed by atoms with Crippen LogP contribution in [0.2, 0.25) is 0 Å². The number of aliphatic hydroxyl groups excluding tert-OH is 1. The minimum Gasteiger partial charge on any atom is -0.449 e. The van der Waals surface area contributed by atoms with E-state index in [9.17, 15) is 14.7 Å². The lowest BCUT2D eigenvalue weighted by atomic mass is 10.1. The maximum absolute atomic E-state index is 11.7. The summed E-state index contributed by atoms with van der Waals surface area (Å²) in [5.41, 5.74) is -0.0650. The van der Waals surface area contributed by atoms with Gasteiger partial charge in [0.2, 0.25) is 0 Å². The zero-order valence-electron chi connectivity index (χ0n) is 13.8. The number of aromatic nitrogens is 1. The van der Waals surface area contributed by atoms with Gasteiger partial charge in [-0.1, -0.05) is 0 Å². The summed E-state index contributed by atoms with van der Waals surface area (Å²) in [7, 11) is 1.45. The Morgan fingerprint density at radius 1 is 1.35 bits per heavy atom. The molecule has 3 N–H and O–H groups in total. The number of rotatable bonds is 5. The number of carbonyl (C=O) groups excluding carboxylic acids is 2. The number of anilines is 1. The van der Waals surface area contributed by atoms with Crippen LogP contribution in [-0.2, 0) is 9.47 Å². The highest BCUT2D eigenvalue weighted by molar-refractivity contribution is 5.83. The van der Waals surface area contributed by atoms with Crippen LogP contribution in [0.5, 0.6) is 0 Å². The van der Waals surface area contributed by atoms with Crippen LogP contribution in [0.3, 0.4) is 0 Å². The summed E-state index contributed by atoms with van der Waals surface area (Å²) in [6.45, 7) is 5.34. The second-order valence-corrected chi connectivity index (χ2v) is 5.79. The van der Waals surface area contributed by atoms with Crippen LogP contribution in [0, 0.1) is 0 Å². The standard InChI is InChI=1S/C15H23N3O5/c1-15(2,3)23-14(21)18-12-9-10(5-7-17-12)11(19)6-8-22-13(20)16-4/h5,7,9,11,19H,6,8H2,1-4H3,(H,16,20)(H,17,18,21). The molecule has 0 aliphatic rings. The first-order valence-electron chi connectivity index (χ1n) is 7.20. The number of carbonyl (C=O) groups is 2. The van der Waals surface area contributed by atoms with Crippen molar-refractivity contribution in [3.63, 3.8) is 0 Å². The van der Waals surface area contributed by atoms with E-state index in [1.165, 1.54) is 19.3 Å². The Morgan fingerprint density at radius 3 is 2.65 bits per heavy atom. The summed E-state index contributed by atoms with van der Waals surface area (Å²) in [6, 6.07) is 3.15. The van der Waals surface area contributed by atoms with Gasteiger partial charge in [-0.3, -0.25) is 5.32 Å². The lowest BCUT2D eigenvalue weighted by Crippen LogP contribution is -2.27. The molecule has 1 aromatic rings. The molecule has 1 atom stereocenters. The van der Waals surface area contributed by atoms with E-state index in [-0.39, 0.29) is 18.8 Å². The number of ether oxygens (including phenoxy) is 2. The summed E-state index contributed by atoms with van der Waals surface area (Å²) >= 11 is 0. The Kier molecular flexibility index (Phi) is 6.77. The Balaban J connectivity index is 2.58. The van der Waals surface area contributed by atoms with E-state index < -0.39 is 23.9 Å². The number of alkyl carbamates (subject to hydrolysis) is 1. The molecule has 2 amide bonds. The molecule has 0 radical (unpaired) electrons. The van der Waals surface area contributed by atoms with Crippen molar-refractivity contribution >= 4 is 18.0 Å². The Morgan fingerprint density at radius 2 is 2.04 bits per heavy atom. The number of hydrogen-bond donors (Lipinski definition) is 3. The number of aliphatic hydroxyl groups is 1. The molecule has 0 saturated carbocycles. The molecule has 23 heavy (non-hydrogen) atoms. The molecule has 0 spiro atoms. The minimum absolute atomic E-state index is 0.0675. The SMILES string of the molecule is CNC(=O)OCCC(O)c1ccnc(NC(=O)OC(C)(C)C)c1. The Bertz CT molecular complexity index is 542. The molecule has 0 aromatic carbocycles. The third kappa shape index (κ3) is 7.46. The molecule has 0 saturated heterocycles. The van der Waals surface area contributed by atoms with Crippen LogP contribution in [0.15, 0.2) is 18.3 Å². The normalized spacial score (nSPS) is 12.2. The fourth-order valence-corrected chi connectivity index (χ4v) is 1.63. The van der Waals surface area contributed by atoms with Gasteiger partial charge in [0.25, 0.3) is 0 Å². The third-order valence-electron chi connectivity index (χ3n) is 2.63. The Hall–Kier alpha value is -2.35. The number of nitrogens with zero attached hydrogens (tertiary/aromatic N) is 1. The van der Waals surface area contributed by atoms with Gasteiger partial charge < -0.3 is 19.9 Å². The average Bonchev–Trinajstić information content (AvgIpc) is 2.45. The van der Waals surface area contributed by atoms with Crippen molar-refractivity contribution < 1.29 is 24.2 Å². The highest BCUT2D eigenvalue weighted by atomic mass is 16.6. The summed E-state index contributed by atoms with van der Waals surface area (Å²) in [5, 5.41) is 14.9. The zero-order chi connectivity index (χ0) is 17.5. The topological polar surface area (TPSA) is 110 Å². The molecule has 1 heterocycles. The quantitative estimate of drug-likeness (QED) is 0.765. The summed E-state index contributed by atoms with van der Waals surface area (Å²) in [6.07, 6.45) is -0.339. The summed E-state index contributed by atoms with van der Waals surface area (Å²) < 4.78 is 9.95. The first-order valence-corrected chi connectivity index (χ1v) is 7.20. The van der Waals surface area contributed by atoms with Crippen molar-refractivity contribution in [3.8, 4) is 0 Å². The van der Waals surface area contributed by atoms with Gasteiger partial charge in [0, 0.05) is 19.7 Å². The van der Waals surface area contributed by atoms with Gasteiger partial charge in [-0.05, 0) is 38.5 Å². The molecule has 0 bridgehead atoms. The van der Waals surface area contributed by atoms with E-state index in [0.717, 1.165) is 0 Å². The molecule has 1 unspecified atom stereocenters. The fraction of sp³-hybridized carbons (Fsp3) is 0.533. The van der Waals surface area contributed by atoms with Crippen molar-refractivity contribution in [1.29, 1.82) is 0 Å². The molecule has 0 aliphatic heterocycles. The molecular formula is C15H23N3O5. The number of pyridine rings is 1. The first kappa shape index (κ1) is 18.7. The fourth-order valence-electron chi connectivity index (χ4n) is 1.63. The van der Waals surface area contributed by atoms with Crippen molar-refractivity contribution in [2.45, 2.75) is 38.9 Å². The van der Waals surface area contributed by atoms with Crippen LogP contribution in [-0.4, -0.2) is 41.5 Å². The van der Waals surface area contributed by atoms with Crippen LogP contribution in [0.1, 0.15) is 38.9 Å². The lowest BCUT2D eigenvalue weighted by Gasteiger charge is -2.19. The lowest BCUT2D eigenvalue weighted by molar-refractivity contribution is 0.0634. The average molecular weight is 325 g/mol. The molecule has 1 rings (SSSR count). The minimum atomic E-state index is -0.846. The van der Waals surface area contributed by atoms with Gasteiger partial charge in [-0.15, -0.1) is 0 Å². The largest absolute Gasteiger partial charge is 0.449 e. The van der Waals surface area contributed by atoms with Crippen molar-refractivity contribution in [2.24, 2.45) is 0 Å². The van der Waals surface area contributed by atoms with E-state index in [0.29, 0.717) is 5.56 Å². The van der Waals surface area contributed by atoms with E-state index in [1.807, 2.05) is 0 Å². The zero-order valence-corrected chi connectivity index (χ0v) is 13.8. The maximum atomic E-state index is 11.7. The number of hydrogen-bond acceptors (Lipinski definition) is 6. The van der Waals surface area contributed by atoms with Gasteiger partial charge >= 0.3 is 12.2 Å². The predicted molar refractivity (Wildman–Crippen MR) is 84.1 cm³/mol. The Labute approximate surface area is 135 Å². The van der Waals surface area contributed by atoms with E-state index in [1.54, 1.807) is 26.8 Å².